The first kappa shape index (κ1) is 27.7. The van der Waals surface area contributed by atoms with Gasteiger partial charge in [-0.3, -0.25) is 4.98 Å². The highest BCUT2D eigenvalue weighted by Crippen LogP contribution is 2.32. The van der Waals surface area contributed by atoms with Crippen molar-refractivity contribution in [1.82, 2.24) is 9.71 Å². The highest BCUT2D eigenvalue weighted by atomic mass is 32.2. The molecule has 3 rings (SSSR count). The van der Waals surface area contributed by atoms with Crippen LogP contribution in [0.15, 0.2) is 41.4 Å². The molecule has 1 heterocycles. The molecular weight excluding hydrogens is 459 g/mol. The number of nitriles is 1. The molecule has 0 amide bonds. The third-order valence-electron chi connectivity index (χ3n) is 5.73. The average Bonchev–Trinajstić information content (AvgIpc) is 3.64. The Labute approximate surface area is 202 Å². The van der Waals surface area contributed by atoms with Crippen molar-refractivity contribution in [3.05, 3.63) is 58.9 Å². The van der Waals surface area contributed by atoms with Crippen molar-refractivity contribution in [2.24, 2.45) is 5.92 Å². The molecule has 1 aliphatic rings. The van der Waals surface area contributed by atoms with E-state index in [1.807, 2.05) is 31.6 Å². The Morgan fingerprint density at radius 1 is 1.24 bits per heavy atom. The first-order chi connectivity index (χ1) is 16.0. The molecule has 0 saturated heterocycles. The van der Waals surface area contributed by atoms with Gasteiger partial charge in [-0.1, -0.05) is 45.2 Å². The number of halogens is 3. The summed E-state index contributed by atoms with van der Waals surface area (Å²) in [5.41, 5.74) is 4.45. The van der Waals surface area contributed by atoms with Gasteiger partial charge in [-0.15, -0.1) is 0 Å². The predicted octanol–water partition coefficient (Wildman–Crippen LogP) is 6.91. The van der Waals surface area contributed by atoms with E-state index in [-0.39, 0.29) is 4.90 Å². The van der Waals surface area contributed by atoms with Crippen molar-refractivity contribution in [2.75, 3.05) is 0 Å². The number of allylic oxidation sites excluding steroid dienone is 2. The van der Waals surface area contributed by atoms with Gasteiger partial charge in [0.2, 0.25) is 0 Å². The highest BCUT2D eigenvalue weighted by molar-refractivity contribution is 7.83. The number of hydrogen-bond donors (Lipinski definition) is 1. The molecule has 8 heteroatoms. The van der Waals surface area contributed by atoms with Gasteiger partial charge in [0.15, 0.2) is 0 Å². The normalized spacial score (nSPS) is 16.0. The Morgan fingerprint density at radius 2 is 1.85 bits per heavy atom. The third-order valence-corrected chi connectivity index (χ3v) is 6.99. The Hall–Kier alpha value is -2.50. The summed E-state index contributed by atoms with van der Waals surface area (Å²) in [6.45, 7) is 8.83. The molecule has 184 valence electrons. The van der Waals surface area contributed by atoms with E-state index >= 15 is 0 Å². The zero-order chi connectivity index (χ0) is 25.5. The minimum Gasteiger partial charge on any atom is -0.261 e. The van der Waals surface area contributed by atoms with Gasteiger partial charge in [0.05, 0.1) is 10.5 Å². The SMILES string of the molecule is CC/C(=C(/C#N)c1cc(C)cnc1C)c1ccc(S(=O)NC(C)C(F)(F)F)cc1.CCC1CC1. The van der Waals surface area contributed by atoms with Crippen molar-refractivity contribution in [3.8, 4) is 6.07 Å². The Morgan fingerprint density at radius 3 is 2.29 bits per heavy atom. The van der Waals surface area contributed by atoms with Crippen LogP contribution < -0.4 is 4.72 Å². The smallest absolute Gasteiger partial charge is 0.261 e. The molecule has 0 bridgehead atoms. The van der Waals surface area contributed by atoms with Crippen molar-refractivity contribution < 1.29 is 17.4 Å². The van der Waals surface area contributed by atoms with E-state index < -0.39 is 23.2 Å². The summed E-state index contributed by atoms with van der Waals surface area (Å²) in [5, 5.41) is 9.78. The van der Waals surface area contributed by atoms with Crippen LogP contribution in [0.5, 0.6) is 0 Å². The molecule has 0 spiro atoms. The molecule has 1 aromatic heterocycles. The lowest BCUT2D eigenvalue weighted by Crippen LogP contribution is -2.40. The maximum absolute atomic E-state index is 12.7. The maximum atomic E-state index is 12.7. The molecule has 1 aliphatic carbocycles. The van der Waals surface area contributed by atoms with Crippen LogP contribution in [0, 0.1) is 31.1 Å². The van der Waals surface area contributed by atoms with Gasteiger partial charge in [-0.25, -0.2) is 8.93 Å². The molecule has 1 saturated carbocycles. The number of aryl methyl sites for hydroxylation is 2. The van der Waals surface area contributed by atoms with Crippen LogP contribution in [0.3, 0.4) is 0 Å². The molecule has 4 nitrogen and oxygen atoms in total. The number of nitrogens with zero attached hydrogens (tertiary/aromatic N) is 2. The molecule has 2 atom stereocenters. The minimum atomic E-state index is -4.48. The number of aromatic nitrogens is 1. The maximum Gasteiger partial charge on any atom is 0.404 e. The molecule has 0 aliphatic heterocycles. The van der Waals surface area contributed by atoms with E-state index in [1.165, 1.54) is 31.4 Å². The molecule has 0 radical (unpaired) electrons. The van der Waals surface area contributed by atoms with Crippen molar-refractivity contribution in [2.45, 2.75) is 77.4 Å². The van der Waals surface area contributed by atoms with Crippen LogP contribution in [0.2, 0.25) is 0 Å². The van der Waals surface area contributed by atoms with Gasteiger partial charge in [0.1, 0.15) is 23.1 Å². The molecule has 1 aromatic carbocycles. The summed E-state index contributed by atoms with van der Waals surface area (Å²) >= 11 is 0. The second-order valence-corrected chi connectivity index (χ2v) is 9.73. The standard InChI is InChI=1S/C21H22F3N3OS.C5H10/c1-5-18(20(11-25)19-10-13(2)12-26-14(19)3)16-6-8-17(9-7-16)29(28)27-15(4)21(22,23)24;1-2-5-3-4-5/h6-10,12,15,27H,5H2,1-4H3;5H,2-4H2,1H3/b20-18+;. The molecule has 34 heavy (non-hydrogen) atoms. The second kappa shape index (κ2) is 12.3. The fourth-order valence-electron chi connectivity index (χ4n) is 3.31. The zero-order valence-corrected chi connectivity index (χ0v) is 21.1. The first-order valence-corrected chi connectivity index (χ1v) is 12.6. The van der Waals surface area contributed by atoms with Crippen LogP contribution >= 0.6 is 0 Å². The number of benzene rings is 1. The Kier molecular flexibility index (Phi) is 10.0. The van der Waals surface area contributed by atoms with Gasteiger partial charge in [0, 0.05) is 17.5 Å². The topological polar surface area (TPSA) is 65.8 Å². The van der Waals surface area contributed by atoms with Gasteiger partial charge in [-0.2, -0.15) is 18.4 Å². The van der Waals surface area contributed by atoms with Gasteiger partial charge < -0.3 is 0 Å². The summed E-state index contributed by atoms with van der Waals surface area (Å²) in [5.74, 6) is 1.13. The lowest BCUT2D eigenvalue weighted by Gasteiger charge is -2.17. The molecule has 2 unspecified atom stereocenters. The summed E-state index contributed by atoms with van der Waals surface area (Å²) in [6, 6.07) is 8.62. The molecular formula is C26H32F3N3OS. The van der Waals surface area contributed by atoms with Crippen molar-refractivity contribution in [1.29, 1.82) is 5.26 Å². The van der Waals surface area contributed by atoms with Crippen molar-refractivity contribution in [3.63, 3.8) is 0 Å². The average molecular weight is 492 g/mol. The zero-order valence-electron chi connectivity index (χ0n) is 20.3. The molecule has 1 fully saturated rings. The van der Waals surface area contributed by atoms with Crippen LogP contribution in [-0.2, 0) is 11.0 Å². The Bertz CT molecular complexity index is 1070. The van der Waals surface area contributed by atoms with Gasteiger partial charge >= 0.3 is 6.18 Å². The number of alkyl halides is 3. The predicted molar refractivity (Wildman–Crippen MR) is 131 cm³/mol. The lowest BCUT2D eigenvalue weighted by atomic mass is 9.92. The summed E-state index contributed by atoms with van der Waals surface area (Å²) in [6.07, 6.45) is 2.27. The van der Waals surface area contributed by atoms with Crippen LogP contribution in [0.25, 0.3) is 11.1 Å². The first-order valence-electron chi connectivity index (χ1n) is 11.4. The van der Waals surface area contributed by atoms with Crippen LogP contribution in [0.1, 0.15) is 68.8 Å². The number of nitrogens with one attached hydrogen (secondary N) is 1. The largest absolute Gasteiger partial charge is 0.404 e. The van der Waals surface area contributed by atoms with E-state index in [4.69, 9.17) is 0 Å². The quantitative estimate of drug-likeness (QED) is 0.428. The van der Waals surface area contributed by atoms with Crippen LogP contribution in [-0.4, -0.2) is 21.4 Å². The van der Waals surface area contributed by atoms with Gasteiger partial charge in [-0.05, 0) is 68.0 Å². The monoisotopic (exact) mass is 491 g/mol. The van der Waals surface area contributed by atoms with E-state index in [0.717, 1.165) is 40.8 Å². The summed E-state index contributed by atoms with van der Waals surface area (Å²) < 4.78 is 52.2. The third kappa shape index (κ3) is 7.78. The minimum absolute atomic E-state index is 0.229. The fraction of sp³-hybridized carbons (Fsp3) is 0.462. The number of rotatable bonds is 7. The fourth-order valence-corrected chi connectivity index (χ4v) is 4.28. The van der Waals surface area contributed by atoms with E-state index in [0.29, 0.717) is 12.0 Å². The highest BCUT2D eigenvalue weighted by Gasteiger charge is 2.37. The lowest BCUT2D eigenvalue weighted by molar-refractivity contribution is -0.146. The van der Waals surface area contributed by atoms with E-state index in [9.17, 15) is 22.6 Å². The van der Waals surface area contributed by atoms with Gasteiger partial charge in [0.25, 0.3) is 0 Å². The summed E-state index contributed by atoms with van der Waals surface area (Å²) in [4.78, 5) is 4.55. The number of pyridine rings is 1. The van der Waals surface area contributed by atoms with E-state index in [2.05, 4.69) is 18.0 Å². The summed E-state index contributed by atoms with van der Waals surface area (Å²) in [7, 11) is -2.00. The second-order valence-electron chi connectivity index (χ2n) is 8.49. The molecule has 2 aromatic rings. The van der Waals surface area contributed by atoms with E-state index in [1.54, 1.807) is 18.3 Å². The van der Waals surface area contributed by atoms with Crippen molar-refractivity contribution >= 4 is 22.1 Å². The van der Waals surface area contributed by atoms with Crippen LogP contribution in [0.4, 0.5) is 13.2 Å². The molecule has 1 N–H and O–H groups in total. The number of hydrogen-bond acceptors (Lipinski definition) is 3. The Balaban J connectivity index is 0.000000720.